The summed E-state index contributed by atoms with van der Waals surface area (Å²) in [4.78, 5) is 0. The lowest BCUT2D eigenvalue weighted by Gasteiger charge is -2.00. The molecular formula is C9H15F2N3OS. The second-order valence-corrected chi connectivity index (χ2v) is 4.34. The Morgan fingerprint density at radius 1 is 1.25 bits per heavy atom. The van der Waals surface area contributed by atoms with E-state index in [1.54, 1.807) is 0 Å². The van der Waals surface area contributed by atoms with E-state index in [1.165, 1.54) is 11.3 Å². The monoisotopic (exact) mass is 251 g/mol. The van der Waals surface area contributed by atoms with Crippen LogP contribution in [0.5, 0.6) is 0 Å². The molecule has 1 aromatic heterocycles. The van der Waals surface area contributed by atoms with Crippen LogP contribution in [0.1, 0.15) is 16.4 Å². The zero-order valence-electron chi connectivity index (χ0n) is 8.86. The quantitative estimate of drug-likeness (QED) is 0.706. The summed E-state index contributed by atoms with van der Waals surface area (Å²) in [5.41, 5.74) is 5.38. The number of ether oxygens (including phenoxy) is 1. The van der Waals surface area contributed by atoms with E-state index in [4.69, 9.17) is 10.5 Å². The standard InChI is InChI=1S/C9H15F2N3OS/c10-7(11)6-15-5-3-9-14-13-8(16-9)2-1-4-12/h7H,1-6,12H2. The molecule has 0 atom stereocenters. The lowest BCUT2D eigenvalue weighted by atomic mass is 10.3. The van der Waals surface area contributed by atoms with E-state index in [9.17, 15) is 8.78 Å². The minimum Gasteiger partial charge on any atom is -0.375 e. The van der Waals surface area contributed by atoms with Crippen LogP contribution in [0.15, 0.2) is 0 Å². The van der Waals surface area contributed by atoms with Crippen molar-refractivity contribution >= 4 is 11.3 Å². The highest BCUT2D eigenvalue weighted by atomic mass is 32.1. The van der Waals surface area contributed by atoms with Crippen molar-refractivity contribution < 1.29 is 13.5 Å². The van der Waals surface area contributed by atoms with Gasteiger partial charge in [0.25, 0.3) is 6.43 Å². The van der Waals surface area contributed by atoms with E-state index in [1.807, 2.05) is 0 Å². The van der Waals surface area contributed by atoms with Gasteiger partial charge in [0.1, 0.15) is 16.6 Å². The highest BCUT2D eigenvalue weighted by Crippen LogP contribution is 2.12. The van der Waals surface area contributed by atoms with Gasteiger partial charge in [0.05, 0.1) is 6.61 Å². The molecule has 0 saturated carbocycles. The van der Waals surface area contributed by atoms with Crippen molar-refractivity contribution in [3.8, 4) is 0 Å². The summed E-state index contributed by atoms with van der Waals surface area (Å²) in [6, 6.07) is 0. The number of aromatic nitrogens is 2. The van der Waals surface area contributed by atoms with Gasteiger partial charge >= 0.3 is 0 Å². The van der Waals surface area contributed by atoms with Crippen molar-refractivity contribution in [1.29, 1.82) is 0 Å². The molecule has 1 heterocycles. The number of nitrogens with two attached hydrogens (primary N) is 1. The Kier molecular flexibility index (Phi) is 6.36. The van der Waals surface area contributed by atoms with Gasteiger partial charge in [0.15, 0.2) is 0 Å². The summed E-state index contributed by atoms with van der Waals surface area (Å²) in [6.45, 7) is 0.376. The van der Waals surface area contributed by atoms with Gasteiger partial charge in [0.2, 0.25) is 0 Å². The van der Waals surface area contributed by atoms with Crippen molar-refractivity contribution in [2.75, 3.05) is 19.8 Å². The number of aryl methyl sites for hydroxylation is 1. The highest BCUT2D eigenvalue weighted by molar-refractivity contribution is 7.11. The summed E-state index contributed by atoms with van der Waals surface area (Å²) in [5.74, 6) is 0. The Hall–Kier alpha value is -0.660. The molecule has 0 aromatic carbocycles. The van der Waals surface area contributed by atoms with Crippen LogP contribution in [0.2, 0.25) is 0 Å². The third-order valence-corrected chi connectivity index (χ3v) is 2.85. The molecule has 4 nitrogen and oxygen atoms in total. The topological polar surface area (TPSA) is 61.0 Å². The Bertz CT molecular complexity index is 296. The molecule has 0 amide bonds. The summed E-state index contributed by atoms with van der Waals surface area (Å²) in [5, 5.41) is 9.68. The molecule has 0 fully saturated rings. The largest absolute Gasteiger partial charge is 0.375 e. The molecule has 0 spiro atoms. The molecule has 0 saturated heterocycles. The molecule has 2 N–H and O–H groups in total. The van der Waals surface area contributed by atoms with Crippen LogP contribution in [0.3, 0.4) is 0 Å². The van der Waals surface area contributed by atoms with Gasteiger partial charge in [-0.05, 0) is 13.0 Å². The summed E-state index contributed by atoms with van der Waals surface area (Å²) in [7, 11) is 0. The van der Waals surface area contributed by atoms with Crippen molar-refractivity contribution in [3.05, 3.63) is 10.0 Å². The highest BCUT2D eigenvalue weighted by Gasteiger charge is 2.05. The first-order valence-corrected chi connectivity index (χ1v) is 5.91. The molecule has 0 aliphatic carbocycles. The van der Waals surface area contributed by atoms with E-state index in [0.717, 1.165) is 22.9 Å². The lowest BCUT2D eigenvalue weighted by Crippen LogP contribution is -2.06. The van der Waals surface area contributed by atoms with E-state index in [-0.39, 0.29) is 6.61 Å². The second kappa shape index (κ2) is 7.59. The van der Waals surface area contributed by atoms with Gasteiger partial charge < -0.3 is 10.5 Å². The van der Waals surface area contributed by atoms with Crippen LogP contribution in [-0.2, 0) is 17.6 Å². The maximum absolute atomic E-state index is 11.7. The maximum Gasteiger partial charge on any atom is 0.261 e. The first kappa shape index (κ1) is 13.4. The van der Waals surface area contributed by atoms with Crippen molar-refractivity contribution in [3.63, 3.8) is 0 Å². The Balaban J connectivity index is 2.19. The van der Waals surface area contributed by atoms with Gasteiger partial charge in [-0.1, -0.05) is 0 Å². The number of hydrogen-bond donors (Lipinski definition) is 1. The van der Waals surface area contributed by atoms with E-state index >= 15 is 0 Å². The van der Waals surface area contributed by atoms with Crippen molar-refractivity contribution in [2.24, 2.45) is 5.73 Å². The Morgan fingerprint density at radius 3 is 2.56 bits per heavy atom. The molecule has 16 heavy (non-hydrogen) atoms. The third kappa shape index (κ3) is 5.43. The van der Waals surface area contributed by atoms with E-state index in [2.05, 4.69) is 10.2 Å². The van der Waals surface area contributed by atoms with Crippen LogP contribution < -0.4 is 5.73 Å². The fourth-order valence-corrected chi connectivity index (χ4v) is 1.94. The van der Waals surface area contributed by atoms with Crippen molar-refractivity contribution in [1.82, 2.24) is 10.2 Å². The number of alkyl halides is 2. The average Bonchev–Trinajstić information content (AvgIpc) is 2.69. The molecule has 1 rings (SSSR count). The fraction of sp³-hybridized carbons (Fsp3) is 0.778. The minimum atomic E-state index is -2.41. The maximum atomic E-state index is 11.7. The molecule has 0 radical (unpaired) electrons. The normalized spacial score (nSPS) is 11.2. The fourth-order valence-electron chi connectivity index (χ4n) is 1.08. The molecule has 0 bridgehead atoms. The predicted octanol–water partition coefficient (Wildman–Crippen LogP) is 1.25. The molecular weight excluding hydrogens is 236 g/mol. The summed E-state index contributed by atoms with van der Waals surface area (Å²) >= 11 is 1.49. The first-order valence-electron chi connectivity index (χ1n) is 5.09. The van der Waals surface area contributed by atoms with Crippen LogP contribution in [0.4, 0.5) is 8.78 Å². The lowest BCUT2D eigenvalue weighted by molar-refractivity contribution is 0.0186. The van der Waals surface area contributed by atoms with Gasteiger partial charge in [0, 0.05) is 12.8 Å². The number of hydrogen-bond acceptors (Lipinski definition) is 5. The smallest absolute Gasteiger partial charge is 0.261 e. The molecule has 1 aromatic rings. The summed E-state index contributed by atoms with van der Waals surface area (Å²) in [6.07, 6.45) is -0.162. The molecule has 92 valence electrons. The second-order valence-electron chi connectivity index (χ2n) is 3.20. The molecule has 0 unspecified atom stereocenters. The average molecular weight is 251 g/mol. The van der Waals surface area contributed by atoms with Gasteiger partial charge in [-0.25, -0.2) is 8.78 Å². The van der Waals surface area contributed by atoms with Crippen LogP contribution >= 0.6 is 11.3 Å². The van der Waals surface area contributed by atoms with E-state index in [0.29, 0.717) is 13.0 Å². The van der Waals surface area contributed by atoms with Gasteiger partial charge in [-0.3, -0.25) is 0 Å². The first-order chi connectivity index (χ1) is 7.72. The van der Waals surface area contributed by atoms with Crippen LogP contribution in [0.25, 0.3) is 0 Å². The zero-order chi connectivity index (χ0) is 11.8. The molecule has 7 heteroatoms. The summed E-state index contributed by atoms with van der Waals surface area (Å²) < 4.78 is 28.2. The Morgan fingerprint density at radius 2 is 1.94 bits per heavy atom. The van der Waals surface area contributed by atoms with Crippen LogP contribution in [0, 0.1) is 0 Å². The predicted molar refractivity (Wildman–Crippen MR) is 57.8 cm³/mol. The number of nitrogens with zero attached hydrogens (tertiary/aromatic N) is 2. The third-order valence-electron chi connectivity index (χ3n) is 1.81. The SMILES string of the molecule is NCCCc1nnc(CCOCC(F)F)s1. The minimum absolute atomic E-state index is 0.260. The van der Waals surface area contributed by atoms with E-state index < -0.39 is 13.0 Å². The Labute approximate surface area is 96.8 Å². The van der Waals surface area contributed by atoms with Crippen molar-refractivity contribution in [2.45, 2.75) is 25.7 Å². The zero-order valence-corrected chi connectivity index (χ0v) is 9.68. The van der Waals surface area contributed by atoms with Crippen LogP contribution in [-0.4, -0.2) is 36.4 Å². The van der Waals surface area contributed by atoms with Gasteiger partial charge in [-0.15, -0.1) is 21.5 Å². The van der Waals surface area contributed by atoms with Gasteiger partial charge in [-0.2, -0.15) is 0 Å². The molecule has 0 aliphatic rings. The number of rotatable bonds is 8. The molecule has 0 aliphatic heterocycles. The number of halogens is 2.